The van der Waals surface area contributed by atoms with E-state index in [1.54, 1.807) is 12.1 Å². The molecule has 104 valence electrons. The predicted octanol–water partition coefficient (Wildman–Crippen LogP) is 3.78. The molecular weight excluding hydrogens is 254 g/mol. The first-order chi connectivity index (χ1) is 9.70. The molecule has 2 aromatic carbocycles. The minimum Gasteiger partial charge on any atom is -0.493 e. The molecule has 2 rings (SSSR count). The van der Waals surface area contributed by atoms with Gasteiger partial charge < -0.3 is 4.74 Å². The molecule has 2 aromatic rings. The van der Waals surface area contributed by atoms with Crippen molar-refractivity contribution >= 4 is 5.69 Å². The van der Waals surface area contributed by atoms with Gasteiger partial charge in [0.05, 0.1) is 11.5 Å². The maximum absolute atomic E-state index is 10.9. The lowest BCUT2D eigenvalue weighted by molar-refractivity contribution is -0.385. The smallest absolute Gasteiger partial charge is 0.272 e. The van der Waals surface area contributed by atoms with Crippen LogP contribution in [0.2, 0.25) is 0 Å². The molecule has 4 nitrogen and oxygen atoms in total. The summed E-state index contributed by atoms with van der Waals surface area (Å²) in [5.74, 6) is 0.684. The van der Waals surface area contributed by atoms with E-state index >= 15 is 0 Å². The molecule has 0 saturated heterocycles. The fraction of sp³-hybridized carbons (Fsp3) is 0.250. The van der Waals surface area contributed by atoms with Gasteiger partial charge in [0.15, 0.2) is 0 Å². The summed E-state index contributed by atoms with van der Waals surface area (Å²) in [6.45, 7) is 2.46. The summed E-state index contributed by atoms with van der Waals surface area (Å²) in [6.07, 6.45) is 1.44. The van der Waals surface area contributed by atoms with Crippen molar-refractivity contribution in [3.63, 3.8) is 0 Å². The monoisotopic (exact) mass is 271 g/mol. The number of benzene rings is 2. The van der Waals surface area contributed by atoms with E-state index in [1.165, 1.54) is 11.6 Å². The molecule has 0 N–H and O–H groups in total. The minimum absolute atomic E-state index is 0.155. The lowest BCUT2D eigenvalue weighted by atomic mass is 10.1. The molecule has 0 amide bonds. The Kier molecular flexibility index (Phi) is 4.71. The van der Waals surface area contributed by atoms with Crippen molar-refractivity contribution in [1.82, 2.24) is 0 Å². The highest BCUT2D eigenvalue weighted by Crippen LogP contribution is 2.24. The third-order valence-electron chi connectivity index (χ3n) is 3.13. The van der Waals surface area contributed by atoms with Gasteiger partial charge in [-0.25, -0.2) is 0 Å². The number of nitrogens with zero attached hydrogens (tertiary/aromatic N) is 1. The largest absolute Gasteiger partial charge is 0.493 e. The van der Waals surface area contributed by atoms with Crippen molar-refractivity contribution < 1.29 is 9.66 Å². The van der Waals surface area contributed by atoms with E-state index in [0.717, 1.165) is 6.42 Å². The second-order valence-electron chi connectivity index (χ2n) is 4.49. The topological polar surface area (TPSA) is 52.4 Å². The Morgan fingerprint density at radius 2 is 1.90 bits per heavy atom. The van der Waals surface area contributed by atoms with Gasteiger partial charge in [-0.15, -0.1) is 0 Å². The molecule has 0 aliphatic heterocycles. The minimum atomic E-state index is -0.355. The number of hydrogen-bond donors (Lipinski definition) is 0. The summed E-state index contributed by atoms with van der Waals surface area (Å²) >= 11 is 0. The summed E-state index contributed by atoms with van der Waals surface area (Å²) in [5.41, 5.74) is 2.07. The number of nitro groups is 1. The lowest BCUT2D eigenvalue weighted by Crippen LogP contribution is -2.02. The molecule has 20 heavy (non-hydrogen) atoms. The highest BCUT2D eigenvalue weighted by atomic mass is 16.6. The van der Waals surface area contributed by atoms with Crippen LogP contribution in [0.25, 0.3) is 0 Å². The van der Waals surface area contributed by atoms with Gasteiger partial charge in [0.1, 0.15) is 5.75 Å². The maximum Gasteiger partial charge on any atom is 0.272 e. The average molecular weight is 271 g/mol. The van der Waals surface area contributed by atoms with Gasteiger partial charge in [0, 0.05) is 18.1 Å². The Morgan fingerprint density at radius 1 is 1.15 bits per heavy atom. The van der Waals surface area contributed by atoms with Crippen LogP contribution in [-0.2, 0) is 12.8 Å². The van der Waals surface area contributed by atoms with E-state index < -0.39 is 0 Å². The van der Waals surface area contributed by atoms with E-state index in [9.17, 15) is 10.1 Å². The summed E-state index contributed by atoms with van der Waals surface area (Å²) in [7, 11) is 0. The molecule has 0 aliphatic rings. The van der Waals surface area contributed by atoms with Gasteiger partial charge in [-0.3, -0.25) is 10.1 Å². The molecule has 4 heteroatoms. The fourth-order valence-electron chi connectivity index (χ4n) is 2.04. The number of nitro benzene ring substituents is 1. The van der Waals surface area contributed by atoms with Crippen molar-refractivity contribution in [3.8, 4) is 5.75 Å². The zero-order valence-corrected chi connectivity index (χ0v) is 11.4. The predicted molar refractivity (Wildman–Crippen MR) is 78.1 cm³/mol. The highest BCUT2D eigenvalue weighted by molar-refractivity contribution is 5.45. The number of aryl methyl sites for hydroxylation is 1. The van der Waals surface area contributed by atoms with Gasteiger partial charge in [-0.1, -0.05) is 37.3 Å². The first-order valence-electron chi connectivity index (χ1n) is 6.64. The Morgan fingerprint density at radius 3 is 2.55 bits per heavy atom. The van der Waals surface area contributed by atoms with E-state index in [2.05, 4.69) is 12.1 Å². The van der Waals surface area contributed by atoms with Crippen LogP contribution in [0.1, 0.15) is 18.1 Å². The Labute approximate surface area is 118 Å². The van der Waals surface area contributed by atoms with Crippen LogP contribution in [0.5, 0.6) is 5.75 Å². The molecule has 0 aromatic heterocycles. The first-order valence-corrected chi connectivity index (χ1v) is 6.64. The molecular formula is C16H17NO3. The summed E-state index contributed by atoms with van der Waals surface area (Å²) in [5, 5.41) is 10.9. The van der Waals surface area contributed by atoms with Crippen LogP contribution in [0.4, 0.5) is 5.69 Å². The van der Waals surface area contributed by atoms with E-state index in [1.807, 2.05) is 25.1 Å². The van der Waals surface area contributed by atoms with Crippen molar-refractivity contribution in [2.75, 3.05) is 6.61 Å². The lowest BCUT2D eigenvalue weighted by Gasteiger charge is -2.08. The van der Waals surface area contributed by atoms with Crippen LogP contribution < -0.4 is 4.74 Å². The van der Waals surface area contributed by atoms with Crippen molar-refractivity contribution in [3.05, 3.63) is 69.8 Å². The first kappa shape index (κ1) is 14.1. The van der Waals surface area contributed by atoms with E-state index in [4.69, 9.17) is 4.74 Å². The number of hydrogen-bond acceptors (Lipinski definition) is 3. The molecule has 0 heterocycles. The molecule has 0 unspecified atom stereocenters. The zero-order chi connectivity index (χ0) is 14.4. The molecule has 0 fully saturated rings. The molecule has 0 atom stereocenters. The molecule has 0 aliphatic carbocycles. The van der Waals surface area contributed by atoms with Gasteiger partial charge in [0.2, 0.25) is 0 Å². The number of rotatable bonds is 6. The van der Waals surface area contributed by atoms with Gasteiger partial charge >= 0.3 is 0 Å². The fourth-order valence-corrected chi connectivity index (χ4v) is 2.04. The molecule has 0 spiro atoms. The van der Waals surface area contributed by atoms with Gasteiger partial charge in [-0.05, 0) is 24.1 Å². The van der Waals surface area contributed by atoms with Crippen LogP contribution >= 0.6 is 0 Å². The van der Waals surface area contributed by atoms with Crippen LogP contribution in [0, 0.1) is 10.1 Å². The zero-order valence-electron chi connectivity index (χ0n) is 11.4. The number of ether oxygens (including phenoxy) is 1. The van der Waals surface area contributed by atoms with Gasteiger partial charge in [0.25, 0.3) is 5.69 Å². The Balaban J connectivity index is 1.98. The molecule has 0 saturated carbocycles. The third-order valence-corrected chi connectivity index (χ3v) is 3.13. The summed E-state index contributed by atoms with van der Waals surface area (Å²) in [4.78, 5) is 10.5. The highest BCUT2D eigenvalue weighted by Gasteiger charge is 2.12. The second-order valence-corrected chi connectivity index (χ2v) is 4.49. The average Bonchev–Trinajstić information content (AvgIpc) is 2.48. The van der Waals surface area contributed by atoms with Crippen LogP contribution in [0.3, 0.4) is 0 Å². The maximum atomic E-state index is 10.9. The SMILES string of the molecule is CCc1cc(OCCc2ccccc2)ccc1[N+](=O)[O-]. The van der Waals surface area contributed by atoms with E-state index in [0.29, 0.717) is 24.3 Å². The van der Waals surface area contributed by atoms with Crippen molar-refractivity contribution in [1.29, 1.82) is 0 Å². The summed E-state index contributed by atoms with van der Waals surface area (Å²) < 4.78 is 5.66. The van der Waals surface area contributed by atoms with Gasteiger partial charge in [-0.2, -0.15) is 0 Å². The quantitative estimate of drug-likeness (QED) is 0.593. The summed E-state index contributed by atoms with van der Waals surface area (Å²) in [6, 6.07) is 15.0. The Hall–Kier alpha value is -2.36. The molecule has 0 bridgehead atoms. The molecule has 0 radical (unpaired) electrons. The van der Waals surface area contributed by atoms with E-state index in [-0.39, 0.29) is 10.6 Å². The second kappa shape index (κ2) is 6.70. The normalized spacial score (nSPS) is 10.2. The third kappa shape index (κ3) is 3.57. The van der Waals surface area contributed by atoms with Crippen LogP contribution in [-0.4, -0.2) is 11.5 Å². The van der Waals surface area contributed by atoms with Crippen LogP contribution in [0.15, 0.2) is 48.5 Å². The van der Waals surface area contributed by atoms with Crippen molar-refractivity contribution in [2.24, 2.45) is 0 Å². The van der Waals surface area contributed by atoms with Crippen molar-refractivity contribution in [2.45, 2.75) is 19.8 Å². The standard InChI is InChI=1S/C16H17NO3/c1-2-14-12-15(8-9-16(14)17(18)19)20-11-10-13-6-4-3-5-7-13/h3-9,12H,2,10-11H2,1H3. The Bertz CT molecular complexity index is 582.